The molecule has 2 aromatic rings. The Morgan fingerprint density at radius 1 is 0.962 bits per heavy atom. The van der Waals surface area contributed by atoms with Gasteiger partial charge in [0.25, 0.3) is 0 Å². The summed E-state index contributed by atoms with van der Waals surface area (Å²) in [5, 5.41) is 0. The number of ether oxygens (including phenoxy) is 1. The third-order valence-electron chi connectivity index (χ3n) is 5.27. The molecule has 1 aliphatic heterocycles. The summed E-state index contributed by atoms with van der Waals surface area (Å²) < 4.78 is 6.05. The molecule has 0 amide bonds. The van der Waals surface area contributed by atoms with Crippen molar-refractivity contribution in [2.24, 2.45) is 5.92 Å². The number of esters is 1. The molecule has 1 heterocycles. The van der Waals surface area contributed by atoms with Crippen LogP contribution in [-0.4, -0.2) is 30.5 Å². The van der Waals surface area contributed by atoms with Crippen LogP contribution in [0, 0.1) is 5.92 Å². The Kier molecular flexibility index (Phi) is 6.84. The van der Waals surface area contributed by atoms with E-state index >= 15 is 0 Å². The molecule has 1 saturated heterocycles. The summed E-state index contributed by atoms with van der Waals surface area (Å²) in [6, 6.07) is 19.5. The van der Waals surface area contributed by atoms with E-state index in [-0.39, 0.29) is 12.1 Å². The molecule has 2 unspecified atom stereocenters. The maximum Gasteiger partial charge on any atom is 0.338 e. The quantitative estimate of drug-likeness (QED) is 0.650. The molecule has 26 heavy (non-hydrogen) atoms. The summed E-state index contributed by atoms with van der Waals surface area (Å²) in [7, 11) is 0. The number of piperidine rings is 1. The van der Waals surface area contributed by atoms with Crippen LogP contribution in [0.15, 0.2) is 60.7 Å². The Morgan fingerprint density at radius 3 is 2.19 bits per heavy atom. The van der Waals surface area contributed by atoms with Crippen molar-refractivity contribution < 1.29 is 9.53 Å². The molecule has 0 bridgehead atoms. The molecule has 2 aromatic carbocycles. The van der Waals surface area contributed by atoms with Crippen LogP contribution in [0.25, 0.3) is 0 Å². The van der Waals surface area contributed by atoms with Crippen molar-refractivity contribution in [1.82, 2.24) is 4.90 Å². The zero-order chi connectivity index (χ0) is 18.2. The minimum absolute atomic E-state index is 0.212. The van der Waals surface area contributed by atoms with Crippen molar-refractivity contribution in [3.63, 3.8) is 0 Å². The highest BCUT2D eigenvalue weighted by molar-refractivity contribution is 5.89. The van der Waals surface area contributed by atoms with Crippen LogP contribution in [0.5, 0.6) is 0 Å². The largest absolute Gasteiger partial charge is 0.454 e. The second-order valence-electron chi connectivity index (χ2n) is 7.13. The first kappa shape index (κ1) is 18.7. The van der Waals surface area contributed by atoms with Gasteiger partial charge in [-0.2, -0.15) is 0 Å². The fraction of sp³-hybridized carbons (Fsp3) is 0.435. The highest BCUT2D eigenvalue weighted by Gasteiger charge is 2.28. The Hall–Kier alpha value is -2.13. The van der Waals surface area contributed by atoms with E-state index in [1.165, 1.54) is 19.3 Å². The number of likely N-dealkylation sites (tertiary alicyclic amines) is 1. The van der Waals surface area contributed by atoms with Gasteiger partial charge in [-0.05, 0) is 50.0 Å². The zero-order valence-corrected chi connectivity index (χ0v) is 15.6. The first-order chi connectivity index (χ1) is 12.8. The number of hydrogen-bond donors (Lipinski definition) is 0. The molecule has 0 aromatic heterocycles. The lowest BCUT2D eigenvalue weighted by Gasteiger charge is -2.34. The number of nitrogens with zero attached hydrogens (tertiary/aromatic N) is 1. The van der Waals surface area contributed by atoms with Crippen LogP contribution in [0.2, 0.25) is 0 Å². The van der Waals surface area contributed by atoms with Gasteiger partial charge in [0.05, 0.1) is 5.56 Å². The SMILES string of the molecule is CCC(CN1CCCCC1)C(OC(=O)c1ccccc1)c1ccccc1. The van der Waals surface area contributed by atoms with Gasteiger partial charge < -0.3 is 9.64 Å². The first-order valence-electron chi connectivity index (χ1n) is 9.81. The number of rotatable bonds is 7. The van der Waals surface area contributed by atoms with Gasteiger partial charge in [-0.3, -0.25) is 0 Å². The van der Waals surface area contributed by atoms with Crippen molar-refractivity contribution in [2.45, 2.75) is 38.7 Å². The molecule has 138 valence electrons. The molecule has 3 nitrogen and oxygen atoms in total. The van der Waals surface area contributed by atoms with Crippen molar-refractivity contribution in [3.05, 3.63) is 71.8 Å². The Balaban J connectivity index is 1.78. The van der Waals surface area contributed by atoms with Gasteiger partial charge in [-0.25, -0.2) is 4.79 Å². The van der Waals surface area contributed by atoms with Gasteiger partial charge in [0.2, 0.25) is 0 Å². The minimum atomic E-state index is -0.239. The van der Waals surface area contributed by atoms with E-state index < -0.39 is 0 Å². The monoisotopic (exact) mass is 351 g/mol. The normalized spacial score (nSPS) is 17.4. The van der Waals surface area contributed by atoms with E-state index in [0.29, 0.717) is 11.5 Å². The third-order valence-corrected chi connectivity index (χ3v) is 5.27. The summed E-state index contributed by atoms with van der Waals surface area (Å²) in [4.78, 5) is 15.2. The average molecular weight is 351 g/mol. The van der Waals surface area contributed by atoms with Crippen LogP contribution in [-0.2, 0) is 4.74 Å². The van der Waals surface area contributed by atoms with Gasteiger partial charge in [-0.1, -0.05) is 61.9 Å². The predicted molar refractivity (Wildman–Crippen MR) is 105 cm³/mol. The van der Waals surface area contributed by atoms with Crippen LogP contribution in [0.4, 0.5) is 0 Å². The zero-order valence-electron chi connectivity index (χ0n) is 15.6. The summed E-state index contributed by atoms with van der Waals surface area (Å²) >= 11 is 0. The molecule has 0 spiro atoms. The summed E-state index contributed by atoms with van der Waals surface area (Å²) in [6.45, 7) is 5.49. The topological polar surface area (TPSA) is 29.5 Å². The van der Waals surface area contributed by atoms with E-state index in [1.807, 2.05) is 48.5 Å². The lowest BCUT2D eigenvalue weighted by molar-refractivity contribution is 0.00465. The minimum Gasteiger partial charge on any atom is -0.454 e. The van der Waals surface area contributed by atoms with Gasteiger partial charge in [0, 0.05) is 12.5 Å². The second-order valence-corrected chi connectivity index (χ2v) is 7.13. The van der Waals surface area contributed by atoms with Crippen molar-refractivity contribution in [1.29, 1.82) is 0 Å². The summed E-state index contributed by atoms with van der Waals surface area (Å²) in [5.74, 6) is 0.0553. The van der Waals surface area contributed by atoms with Gasteiger partial charge in [0.1, 0.15) is 6.10 Å². The van der Waals surface area contributed by atoms with E-state index in [9.17, 15) is 4.79 Å². The summed E-state index contributed by atoms with van der Waals surface area (Å²) in [6.07, 6.45) is 4.65. The average Bonchev–Trinajstić information content (AvgIpc) is 2.72. The number of carbonyl (C=O) groups excluding carboxylic acids is 1. The van der Waals surface area contributed by atoms with Gasteiger partial charge >= 0.3 is 5.97 Å². The Labute approximate surface area is 157 Å². The molecule has 3 heteroatoms. The van der Waals surface area contributed by atoms with E-state index in [0.717, 1.165) is 31.6 Å². The Bertz CT molecular complexity index is 665. The molecule has 1 fully saturated rings. The third kappa shape index (κ3) is 4.95. The highest BCUT2D eigenvalue weighted by atomic mass is 16.5. The van der Waals surface area contributed by atoms with Crippen molar-refractivity contribution in [3.8, 4) is 0 Å². The van der Waals surface area contributed by atoms with Crippen LogP contribution < -0.4 is 0 Å². The fourth-order valence-electron chi connectivity index (χ4n) is 3.75. The van der Waals surface area contributed by atoms with E-state index in [1.54, 1.807) is 0 Å². The lowest BCUT2D eigenvalue weighted by Crippen LogP contribution is -2.36. The number of benzene rings is 2. The summed E-state index contributed by atoms with van der Waals surface area (Å²) in [5.41, 5.74) is 1.70. The number of hydrogen-bond acceptors (Lipinski definition) is 3. The molecule has 0 radical (unpaired) electrons. The van der Waals surface area contributed by atoms with Crippen molar-refractivity contribution in [2.75, 3.05) is 19.6 Å². The smallest absolute Gasteiger partial charge is 0.338 e. The van der Waals surface area contributed by atoms with Crippen molar-refractivity contribution >= 4 is 5.97 Å². The molecule has 0 saturated carbocycles. The van der Waals surface area contributed by atoms with Crippen LogP contribution in [0.1, 0.15) is 54.6 Å². The first-order valence-corrected chi connectivity index (χ1v) is 9.81. The molecule has 0 N–H and O–H groups in total. The molecule has 3 rings (SSSR count). The maximum absolute atomic E-state index is 12.7. The molecular formula is C23H29NO2. The molecule has 1 aliphatic rings. The molecule has 2 atom stereocenters. The van der Waals surface area contributed by atoms with Gasteiger partial charge in [0.15, 0.2) is 0 Å². The fourth-order valence-corrected chi connectivity index (χ4v) is 3.75. The highest BCUT2D eigenvalue weighted by Crippen LogP contribution is 2.31. The van der Waals surface area contributed by atoms with E-state index in [4.69, 9.17) is 4.74 Å². The van der Waals surface area contributed by atoms with Crippen LogP contribution in [0.3, 0.4) is 0 Å². The van der Waals surface area contributed by atoms with Gasteiger partial charge in [-0.15, -0.1) is 0 Å². The lowest BCUT2D eigenvalue weighted by atomic mass is 9.92. The molecular weight excluding hydrogens is 322 g/mol. The Morgan fingerprint density at radius 2 is 1.58 bits per heavy atom. The standard InChI is InChI=1S/C23H29NO2/c1-2-19(18-24-16-10-5-11-17-24)22(20-12-6-3-7-13-20)26-23(25)21-14-8-4-9-15-21/h3-4,6-9,12-15,19,22H,2,5,10-11,16-18H2,1H3. The number of carbonyl (C=O) groups is 1. The van der Waals surface area contributed by atoms with Crippen LogP contribution >= 0.6 is 0 Å². The van der Waals surface area contributed by atoms with E-state index in [2.05, 4.69) is 24.0 Å². The second kappa shape index (κ2) is 9.54. The predicted octanol–water partition coefficient (Wildman–Crippen LogP) is 5.10. The molecule has 0 aliphatic carbocycles. The maximum atomic E-state index is 12.7.